The number of hydrogen-bond donors (Lipinski definition) is 1. The van der Waals surface area contributed by atoms with Gasteiger partial charge in [0.1, 0.15) is 11.2 Å². The van der Waals surface area contributed by atoms with E-state index in [0.29, 0.717) is 12.6 Å². The van der Waals surface area contributed by atoms with Crippen LogP contribution in [0, 0.1) is 6.92 Å². The number of pyridine rings is 1. The van der Waals surface area contributed by atoms with Crippen LogP contribution in [-0.4, -0.2) is 32.6 Å². The van der Waals surface area contributed by atoms with E-state index in [2.05, 4.69) is 22.5 Å². The Balaban J connectivity index is 1.66. The van der Waals surface area contributed by atoms with Crippen molar-refractivity contribution in [1.82, 2.24) is 14.5 Å². The molecular formula is C24H29N3O. The second kappa shape index (κ2) is 6.71. The van der Waals surface area contributed by atoms with Gasteiger partial charge in [0.2, 0.25) is 0 Å². The van der Waals surface area contributed by atoms with Crippen LogP contribution in [0.2, 0.25) is 0 Å². The largest absolute Gasteiger partial charge is 0.384 e. The van der Waals surface area contributed by atoms with E-state index >= 15 is 0 Å². The Morgan fingerprint density at radius 3 is 2.82 bits per heavy atom. The summed E-state index contributed by atoms with van der Waals surface area (Å²) >= 11 is 0. The Kier molecular flexibility index (Phi) is 4.29. The molecule has 3 aromatic rings. The summed E-state index contributed by atoms with van der Waals surface area (Å²) in [5.74, 6) is 0. The topological polar surface area (TPSA) is 41.3 Å². The smallest absolute Gasteiger partial charge is 0.140 e. The number of benzene rings is 1. The number of rotatable bonds is 3. The number of aromatic nitrogens is 2. The Hall–Kier alpha value is -2.17. The fourth-order valence-corrected chi connectivity index (χ4v) is 5.25. The molecule has 4 nitrogen and oxygen atoms in total. The minimum absolute atomic E-state index is 0.506. The monoisotopic (exact) mass is 375 g/mol. The summed E-state index contributed by atoms with van der Waals surface area (Å²) in [6, 6.07) is 12.8. The van der Waals surface area contributed by atoms with Gasteiger partial charge < -0.3 is 9.67 Å². The lowest BCUT2D eigenvalue weighted by Crippen LogP contribution is -2.39. The van der Waals surface area contributed by atoms with Gasteiger partial charge in [-0.05, 0) is 56.0 Å². The number of fused-ring (bicyclic) bond motifs is 5. The molecule has 2 aromatic heterocycles. The van der Waals surface area contributed by atoms with Crippen molar-refractivity contribution >= 4 is 11.0 Å². The van der Waals surface area contributed by atoms with Crippen LogP contribution in [0.25, 0.3) is 11.0 Å². The van der Waals surface area contributed by atoms with E-state index in [1.54, 1.807) is 0 Å². The average molecular weight is 376 g/mol. The number of aryl methyl sites for hydroxylation is 1. The van der Waals surface area contributed by atoms with Crippen LogP contribution in [0.1, 0.15) is 54.6 Å². The zero-order chi connectivity index (χ0) is 19.3. The van der Waals surface area contributed by atoms with Crippen molar-refractivity contribution in [3.05, 3.63) is 65.0 Å². The molecule has 1 N–H and O–H groups in total. The molecule has 0 saturated carbocycles. The van der Waals surface area contributed by atoms with Crippen molar-refractivity contribution in [2.24, 2.45) is 0 Å². The molecule has 0 spiro atoms. The molecule has 0 aliphatic carbocycles. The Bertz CT molecular complexity index is 1010. The average Bonchev–Trinajstić information content (AvgIpc) is 3.01. The zero-order valence-electron chi connectivity index (χ0n) is 16.9. The highest BCUT2D eigenvalue weighted by Gasteiger charge is 2.36. The van der Waals surface area contributed by atoms with Crippen LogP contribution in [0.4, 0.5) is 0 Å². The maximum Gasteiger partial charge on any atom is 0.140 e. The normalized spacial score (nSPS) is 21.9. The van der Waals surface area contributed by atoms with Crippen molar-refractivity contribution in [2.45, 2.75) is 57.7 Å². The molecule has 1 aromatic carbocycles. The van der Waals surface area contributed by atoms with E-state index in [4.69, 9.17) is 4.98 Å². The number of aliphatic hydroxyl groups is 1. The minimum Gasteiger partial charge on any atom is -0.384 e. The molecule has 2 unspecified atom stereocenters. The standard InChI is InChI=1S/C24H29N3O/c1-17-14-19-22-20-10-6-7-12-26(20)13-11-21(22)27(23(19)25-15-17)16-24(2,28)18-8-4-3-5-9-18/h3-5,8-9,14-15,20,28H,6-7,10-13,16H2,1-2H3. The Morgan fingerprint density at radius 2 is 2.00 bits per heavy atom. The minimum atomic E-state index is -0.933. The van der Waals surface area contributed by atoms with Crippen LogP contribution < -0.4 is 0 Å². The summed E-state index contributed by atoms with van der Waals surface area (Å²) in [5.41, 5.74) is 5.10. The van der Waals surface area contributed by atoms with Gasteiger partial charge in [-0.25, -0.2) is 4.98 Å². The number of hydrogen-bond acceptors (Lipinski definition) is 3. The highest BCUT2D eigenvalue weighted by atomic mass is 16.3. The van der Waals surface area contributed by atoms with Crippen molar-refractivity contribution in [3.63, 3.8) is 0 Å². The van der Waals surface area contributed by atoms with E-state index in [9.17, 15) is 5.11 Å². The lowest BCUT2D eigenvalue weighted by atomic mass is 9.89. The fraction of sp³-hybridized carbons (Fsp3) is 0.458. The molecule has 0 radical (unpaired) electrons. The summed E-state index contributed by atoms with van der Waals surface area (Å²) in [6.07, 6.45) is 6.83. The molecule has 2 atom stereocenters. The first-order chi connectivity index (χ1) is 13.5. The first kappa shape index (κ1) is 17.9. The van der Waals surface area contributed by atoms with Gasteiger partial charge in [0.15, 0.2) is 0 Å². The first-order valence-corrected chi connectivity index (χ1v) is 10.5. The number of nitrogens with zero attached hydrogens (tertiary/aromatic N) is 3. The van der Waals surface area contributed by atoms with E-state index in [1.165, 1.54) is 48.0 Å². The molecule has 0 amide bonds. The zero-order valence-corrected chi connectivity index (χ0v) is 16.9. The summed E-state index contributed by atoms with van der Waals surface area (Å²) < 4.78 is 2.31. The van der Waals surface area contributed by atoms with Crippen LogP contribution in [0.15, 0.2) is 42.6 Å². The molecule has 4 heteroatoms. The molecule has 1 saturated heterocycles. The van der Waals surface area contributed by atoms with Gasteiger partial charge in [-0.3, -0.25) is 4.90 Å². The highest BCUT2D eigenvalue weighted by Crippen LogP contribution is 2.42. The van der Waals surface area contributed by atoms with Gasteiger partial charge in [0.05, 0.1) is 6.54 Å². The molecule has 1 fully saturated rings. The van der Waals surface area contributed by atoms with Gasteiger partial charge in [-0.1, -0.05) is 36.8 Å². The van der Waals surface area contributed by atoms with Gasteiger partial charge in [0.25, 0.3) is 0 Å². The second-order valence-electron chi connectivity index (χ2n) is 8.77. The summed E-state index contributed by atoms with van der Waals surface area (Å²) in [6.45, 7) is 6.89. The molecular weight excluding hydrogens is 346 g/mol. The summed E-state index contributed by atoms with van der Waals surface area (Å²) in [7, 11) is 0. The van der Waals surface area contributed by atoms with Gasteiger partial charge in [-0.2, -0.15) is 0 Å². The molecule has 2 aliphatic rings. The molecule has 0 bridgehead atoms. The van der Waals surface area contributed by atoms with E-state index < -0.39 is 5.60 Å². The summed E-state index contributed by atoms with van der Waals surface area (Å²) in [5, 5.41) is 12.6. The lowest BCUT2D eigenvalue weighted by Gasteiger charge is -2.40. The van der Waals surface area contributed by atoms with Crippen molar-refractivity contribution < 1.29 is 5.11 Å². The van der Waals surface area contributed by atoms with Gasteiger partial charge in [0, 0.05) is 36.3 Å². The maximum absolute atomic E-state index is 11.3. The van der Waals surface area contributed by atoms with Crippen molar-refractivity contribution in [2.75, 3.05) is 13.1 Å². The molecule has 146 valence electrons. The molecule has 2 aliphatic heterocycles. The quantitative estimate of drug-likeness (QED) is 0.741. The van der Waals surface area contributed by atoms with E-state index in [1.807, 2.05) is 43.5 Å². The van der Waals surface area contributed by atoms with Crippen molar-refractivity contribution in [1.29, 1.82) is 0 Å². The lowest BCUT2D eigenvalue weighted by molar-refractivity contribution is 0.0378. The third-order valence-electron chi connectivity index (χ3n) is 6.63. The predicted octanol–water partition coefficient (Wildman–Crippen LogP) is 4.34. The fourth-order valence-electron chi connectivity index (χ4n) is 5.25. The van der Waals surface area contributed by atoms with Crippen LogP contribution in [0.5, 0.6) is 0 Å². The van der Waals surface area contributed by atoms with Crippen LogP contribution in [-0.2, 0) is 18.6 Å². The predicted molar refractivity (Wildman–Crippen MR) is 112 cm³/mol. The van der Waals surface area contributed by atoms with Crippen LogP contribution in [0.3, 0.4) is 0 Å². The third-order valence-corrected chi connectivity index (χ3v) is 6.63. The highest BCUT2D eigenvalue weighted by molar-refractivity contribution is 5.84. The molecule has 4 heterocycles. The third kappa shape index (κ3) is 2.87. The molecule has 28 heavy (non-hydrogen) atoms. The van der Waals surface area contributed by atoms with E-state index in [0.717, 1.165) is 24.2 Å². The molecule has 5 rings (SSSR count). The van der Waals surface area contributed by atoms with Crippen LogP contribution >= 0.6 is 0 Å². The Labute approximate surface area is 166 Å². The van der Waals surface area contributed by atoms with E-state index in [-0.39, 0.29) is 0 Å². The first-order valence-electron chi connectivity index (χ1n) is 10.5. The van der Waals surface area contributed by atoms with Gasteiger partial charge in [-0.15, -0.1) is 0 Å². The SMILES string of the molecule is Cc1cnc2c(c1)c1c(n2CC(C)(O)c2ccccc2)CCN2CCCCC12. The Morgan fingerprint density at radius 1 is 1.18 bits per heavy atom. The van der Waals surface area contributed by atoms with Crippen molar-refractivity contribution in [3.8, 4) is 0 Å². The number of piperidine rings is 1. The van der Waals surface area contributed by atoms with Gasteiger partial charge >= 0.3 is 0 Å². The maximum atomic E-state index is 11.3. The summed E-state index contributed by atoms with van der Waals surface area (Å²) in [4.78, 5) is 7.49. The second-order valence-corrected chi connectivity index (χ2v) is 8.77.